The molecule has 0 saturated carbocycles. The van der Waals surface area contributed by atoms with Gasteiger partial charge in [0.05, 0.1) is 11.6 Å². The van der Waals surface area contributed by atoms with Crippen molar-refractivity contribution in [3.63, 3.8) is 0 Å². The van der Waals surface area contributed by atoms with E-state index < -0.39 is 0 Å². The molecule has 2 heterocycles. The Kier molecular flexibility index (Phi) is 4.63. The van der Waals surface area contributed by atoms with Gasteiger partial charge in [-0.25, -0.2) is 0 Å². The van der Waals surface area contributed by atoms with Crippen molar-refractivity contribution in [3.05, 3.63) is 59.3 Å². The Labute approximate surface area is 161 Å². The molecule has 0 aliphatic rings. The van der Waals surface area contributed by atoms with Crippen molar-refractivity contribution >= 4 is 27.4 Å². The van der Waals surface area contributed by atoms with Crippen molar-refractivity contribution in [2.45, 2.75) is 32.9 Å². The Morgan fingerprint density at radius 2 is 1.96 bits per heavy atom. The Morgan fingerprint density at radius 3 is 2.74 bits per heavy atom. The molecule has 27 heavy (non-hydrogen) atoms. The summed E-state index contributed by atoms with van der Waals surface area (Å²) in [6, 6.07) is 14.4. The van der Waals surface area contributed by atoms with E-state index in [1.54, 1.807) is 0 Å². The number of aryl methyl sites for hydroxylation is 2. The average Bonchev–Trinajstić information content (AvgIpc) is 3.26. The second kappa shape index (κ2) is 7.09. The van der Waals surface area contributed by atoms with Gasteiger partial charge in [-0.05, 0) is 44.5 Å². The van der Waals surface area contributed by atoms with Crippen LogP contribution < -0.4 is 11.1 Å². The second-order valence-electron chi connectivity index (χ2n) is 6.89. The largest absolute Gasteiger partial charge is 0.352 e. The van der Waals surface area contributed by atoms with Gasteiger partial charge < -0.3 is 11.1 Å². The monoisotopic (exact) mass is 378 g/mol. The first-order valence-electron chi connectivity index (χ1n) is 8.88. The number of nitrogens with one attached hydrogen (secondary N) is 2. The summed E-state index contributed by atoms with van der Waals surface area (Å²) in [7, 11) is 0. The molecule has 0 bridgehead atoms. The van der Waals surface area contributed by atoms with Gasteiger partial charge in [0, 0.05) is 22.7 Å². The molecule has 138 valence electrons. The Morgan fingerprint density at radius 1 is 1.11 bits per heavy atom. The highest BCUT2D eigenvalue weighted by Gasteiger charge is 2.19. The summed E-state index contributed by atoms with van der Waals surface area (Å²) in [5.41, 5.74) is 11.6. The standard InChI is InChI=1S/C20H22N6S/c1-11-5-4-6-14(9-11)18(12(2)21)22-20-26-25-19(27-20)15-7-8-17-16(10-15)13(3)23-24-17/h4-10,12,18H,21H2,1-3H3,(H,22,26)(H,23,24)/t12-,18?/m0/s1. The minimum atomic E-state index is -0.0657. The van der Waals surface area contributed by atoms with Gasteiger partial charge in [0.2, 0.25) is 5.13 Å². The minimum absolute atomic E-state index is 0.0238. The van der Waals surface area contributed by atoms with E-state index in [4.69, 9.17) is 5.73 Å². The van der Waals surface area contributed by atoms with Crippen molar-refractivity contribution in [3.8, 4) is 10.6 Å². The number of aromatic amines is 1. The first-order chi connectivity index (χ1) is 13.0. The number of anilines is 1. The summed E-state index contributed by atoms with van der Waals surface area (Å²) < 4.78 is 0. The van der Waals surface area contributed by atoms with Gasteiger partial charge in [-0.15, -0.1) is 10.2 Å². The summed E-state index contributed by atoms with van der Waals surface area (Å²) in [4.78, 5) is 0. The molecule has 4 aromatic rings. The third-order valence-electron chi connectivity index (χ3n) is 4.62. The van der Waals surface area contributed by atoms with Crippen LogP contribution in [0, 0.1) is 13.8 Å². The maximum absolute atomic E-state index is 6.24. The number of hydrogen-bond donors (Lipinski definition) is 3. The summed E-state index contributed by atoms with van der Waals surface area (Å²) in [6.07, 6.45) is 0. The highest BCUT2D eigenvalue weighted by Crippen LogP contribution is 2.31. The van der Waals surface area contributed by atoms with Crippen LogP contribution in [0.3, 0.4) is 0 Å². The van der Waals surface area contributed by atoms with Crippen LogP contribution in [-0.4, -0.2) is 26.4 Å². The zero-order valence-electron chi connectivity index (χ0n) is 15.5. The molecule has 4 rings (SSSR count). The van der Waals surface area contributed by atoms with Crippen LogP contribution in [0.25, 0.3) is 21.5 Å². The quantitative estimate of drug-likeness (QED) is 0.484. The van der Waals surface area contributed by atoms with E-state index in [-0.39, 0.29) is 12.1 Å². The van der Waals surface area contributed by atoms with E-state index in [9.17, 15) is 0 Å². The fourth-order valence-corrected chi connectivity index (χ4v) is 3.96. The molecule has 2 aromatic carbocycles. The van der Waals surface area contributed by atoms with Gasteiger partial charge in [0.15, 0.2) is 0 Å². The van der Waals surface area contributed by atoms with Gasteiger partial charge in [-0.2, -0.15) is 5.10 Å². The zero-order valence-corrected chi connectivity index (χ0v) is 16.3. The van der Waals surface area contributed by atoms with Crippen molar-refractivity contribution in [2.24, 2.45) is 5.73 Å². The summed E-state index contributed by atoms with van der Waals surface area (Å²) in [5.74, 6) is 0. The Balaban J connectivity index is 1.61. The lowest BCUT2D eigenvalue weighted by Crippen LogP contribution is -2.30. The molecule has 0 spiro atoms. The van der Waals surface area contributed by atoms with Crippen LogP contribution in [0.1, 0.15) is 29.8 Å². The average molecular weight is 379 g/mol. The third kappa shape index (κ3) is 3.56. The maximum Gasteiger partial charge on any atom is 0.206 e. The number of H-pyrrole nitrogens is 1. The topological polar surface area (TPSA) is 92.5 Å². The first-order valence-corrected chi connectivity index (χ1v) is 9.70. The predicted octanol–water partition coefficient (Wildman–Crippen LogP) is 4.20. The van der Waals surface area contributed by atoms with Gasteiger partial charge in [-0.3, -0.25) is 5.10 Å². The summed E-state index contributed by atoms with van der Waals surface area (Å²) >= 11 is 1.53. The van der Waals surface area contributed by atoms with Crippen LogP contribution in [0.4, 0.5) is 5.13 Å². The lowest BCUT2D eigenvalue weighted by Gasteiger charge is -2.22. The summed E-state index contributed by atoms with van der Waals surface area (Å²) in [5, 5.41) is 22.2. The molecule has 0 amide bonds. The van der Waals surface area contributed by atoms with E-state index in [0.29, 0.717) is 0 Å². The molecule has 0 saturated heterocycles. The van der Waals surface area contributed by atoms with Crippen molar-refractivity contribution < 1.29 is 0 Å². The molecule has 7 heteroatoms. The number of aromatic nitrogens is 4. The molecule has 1 unspecified atom stereocenters. The van der Waals surface area contributed by atoms with Crippen molar-refractivity contribution in [2.75, 3.05) is 5.32 Å². The molecule has 0 fully saturated rings. The molecule has 6 nitrogen and oxygen atoms in total. The Bertz CT molecular complexity index is 1080. The third-order valence-corrected chi connectivity index (χ3v) is 5.53. The van der Waals surface area contributed by atoms with Gasteiger partial charge in [-0.1, -0.05) is 41.2 Å². The molecular weight excluding hydrogens is 356 g/mol. The van der Waals surface area contributed by atoms with Gasteiger partial charge >= 0.3 is 0 Å². The van der Waals surface area contributed by atoms with Crippen molar-refractivity contribution in [1.29, 1.82) is 0 Å². The Hall–Kier alpha value is -2.77. The molecule has 0 aliphatic carbocycles. The van der Waals surface area contributed by atoms with Crippen molar-refractivity contribution in [1.82, 2.24) is 20.4 Å². The van der Waals surface area contributed by atoms with E-state index in [2.05, 4.69) is 63.0 Å². The lowest BCUT2D eigenvalue weighted by molar-refractivity contribution is 0.623. The highest BCUT2D eigenvalue weighted by atomic mass is 32.1. The highest BCUT2D eigenvalue weighted by molar-refractivity contribution is 7.18. The molecule has 0 radical (unpaired) electrons. The van der Waals surface area contributed by atoms with Crippen LogP contribution in [0.5, 0.6) is 0 Å². The fraction of sp³-hybridized carbons (Fsp3) is 0.250. The smallest absolute Gasteiger partial charge is 0.206 e. The van der Waals surface area contributed by atoms with E-state index >= 15 is 0 Å². The maximum atomic E-state index is 6.24. The van der Waals surface area contributed by atoms with Crippen LogP contribution >= 0.6 is 11.3 Å². The molecule has 2 aromatic heterocycles. The number of nitrogens with two attached hydrogens (primary N) is 1. The molecule has 0 aliphatic heterocycles. The number of nitrogens with zero attached hydrogens (tertiary/aromatic N) is 3. The minimum Gasteiger partial charge on any atom is -0.352 e. The predicted molar refractivity (Wildman–Crippen MR) is 111 cm³/mol. The van der Waals surface area contributed by atoms with E-state index in [1.807, 2.05) is 26.0 Å². The van der Waals surface area contributed by atoms with Gasteiger partial charge in [0.25, 0.3) is 0 Å². The van der Waals surface area contributed by atoms with Crippen LogP contribution in [-0.2, 0) is 0 Å². The number of fused-ring (bicyclic) bond motifs is 1. The fourth-order valence-electron chi connectivity index (χ4n) is 3.18. The van der Waals surface area contributed by atoms with E-state index in [1.165, 1.54) is 16.9 Å². The van der Waals surface area contributed by atoms with Crippen LogP contribution in [0.2, 0.25) is 0 Å². The second-order valence-corrected chi connectivity index (χ2v) is 7.87. The normalized spacial score (nSPS) is 13.6. The zero-order chi connectivity index (χ0) is 19.0. The molecule has 4 N–H and O–H groups in total. The number of hydrogen-bond acceptors (Lipinski definition) is 6. The lowest BCUT2D eigenvalue weighted by atomic mass is 9.99. The summed E-state index contributed by atoms with van der Waals surface area (Å²) in [6.45, 7) is 6.09. The van der Waals surface area contributed by atoms with Crippen LogP contribution in [0.15, 0.2) is 42.5 Å². The van der Waals surface area contributed by atoms with Gasteiger partial charge in [0.1, 0.15) is 5.01 Å². The SMILES string of the molecule is Cc1cccc(C(Nc2nnc(-c3ccc4n[nH]c(C)c4c3)s2)[C@H](C)N)c1. The number of benzene rings is 2. The number of rotatable bonds is 5. The first kappa shape index (κ1) is 17.6. The molecule has 2 atom stereocenters. The molecular formula is C20H22N6S. The van der Waals surface area contributed by atoms with E-state index in [0.717, 1.165) is 37.9 Å².